The van der Waals surface area contributed by atoms with Crippen LogP contribution in [0.1, 0.15) is 16.2 Å². The molecule has 0 bridgehead atoms. The van der Waals surface area contributed by atoms with E-state index in [9.17, 15) is 4.79 Å². The molecule has 0 radical (unpaired) electrons. The summed E-state index contributed by atoms with van der Waals surface area (Å²) >= 11 is 0. The lowest BCUT2D eigenvalue weighted by Gasteiger charge is -1.99. The molecular formula is C9H10N4O. The van der Waals surface area contributed by atoms with E-state index < -0.39 is 0 Å². The fourth-order valence-corrected chi connectivity index (χ4v) is 1.26. The Morgan fingerprint density at radius 1 is 1.50 bits per heavy atom. The average Bonchev–Trinajstić information content (AvgIpc) is 2.73. The molecule has 0 aromatic carbocycles. The molecule has 0 unspecified atom stereocenters. The van der Waals surface area contributed by atoms with Crippen molar-refractivity contribution in [3.05, 3.63) is 36.2 Å². The Morgan fingerprint density at radius 3 is 2.79 bits per heavy atom. The van der Waals surface area contributed by atoms with E-state index in [1.807, 2.05) is 0 Å². The highest BCUT2D eigenvalue weighted by atomic mass is 16.2. The highest BCUT2D eigenvalue weighted by Crippen LogP contribution is 2.03. The van der Waals surface area contributed by atoms with Crippen LogP contribution in [0.4, 0.5) is 0 Å². The normalized spacial score (nSPS) is 10.4. The molecule has 14 heavy (non-hydrogen) atoms. The van der Waals surface area contributed by atoms with Crippen LogP contribution in [0.2, 0.25) is 0 Å². The molecule has 5 nitrogen and oxygen atoms in total. The minimum Gasteiger partial charge on any atom is -0.275 e. The Hall–Kier alpha value is -1.91. The molecule has 0 N–H and O–H groups in total. The standard InChI is InChI=1S/C9H10N4O/c1-7-10-3-4-13(7)9(14)8-5-11-12(2)6-8/h3-6H,1-2H3. The van der Waals surface area contributed by atoms with Crippen molar-refractivity contribution >= 4 is 5.91 Å². The summed E-state index contributed by atoms with van der Waals surface area (Å²) in [5, 5.41) is 3.94. The number of hydrogen-bond acceptors (Lipinski definition) is 3. The maximum Gasteiger partial charge on any atom is 0.266 e. The zero-order valence-electron chi connectivity index (χ0n) is 8.01. The Bertz CT molecular complexity index is 469. The van der Waals surface area contributed by atoms with Gasteiger partial charge in [-0.1, -0.05) is 0 Å². The van der Waals surface area contributed by atoms with Crippen molar-refractivity contribution in [2.45, 2.75) is 6.92 Å². The van der Waals surface area contributed by atoms with Crippen molar-refractivity contribution in [1.29, 1.82) is 0 Å². The first-order valence-electron chi connectivity index (χ1n) is 4.22. The van der Waals surface area contributed by atoms with Gasteiger partial charge in [-0.3, -0.25) is 14.0 Å². The van der Waals surface area contributed by atoms with Crippen LogP contribution in [0.3, 0.4) is 0 Å². The van der Waals surface area contributed by atoms with E-state index in [4.69, 9.17) is 0 Å². The second-order valence-corrected chi connectivity index (χ2v) is 3.05. The summed E-state index contributed by atoms with van der Waals surface area (Å²) in [7, 11) is 1.78. The van der Waals surface area contributed by atoms with E-state index in [0.717, 1.165) is 0 Å². The molecule has 2 aromatic rings. The fraction of sp³-hybridized carbons (Fsp3) is 0.222. The van der Waals surface area contributed by atoms with Gasteiger partial charge in [0.2, 0.25) is 0 Å². The average molecular weight is 190 g/mol. The zero-order chi connectivity index (χ0) is 10.1. The summed E-state index contributed by atoms with van der Waals surface area (Å²) in [4.78, 5) is 15.8. The molecule has 0 saturated carbocycles. The predicted molar refractivity (Wildman–Crippen MR) is 49.9 cm³/mol. The number of aryl methyl sites for hydroxylation is 2. The van der Waals surface area contributed by atoms with Gasteiger partial charge in [-0.05, 0) is 6.92 Å². The molecule has 2 rings (SSSR count). The van der Waals surface area contributed by atoms with Gasteiger partial charge in [-0.2, -0.15) is 5.10 Å². The Kier molecular flexibility index (Phi) is 1.92. The third-order valence-corrected chi connectivity index (χ3v) is 2.00. The number of hydrogen-bond donors (Lipinski definition) is 0. The SMILES string of the molecule is Cc1nccn1C(=O)c1cnn(C)c1. The summed E-state index contributed by atoms with van der Waals surface area (Å²) in [6, 6.07) is 0. The molecule has 0 atom stereocenters. The zero-order valence-corrected chi connectivity index (χ0v) is 8.01. The maximum atomic E-state index is 11.8. The molecular weight excluding hydrogens is 180 g/mol. The van der Waals surface area contributed by atoms with Crippen molar-refractivity contribution in [2.75, 3.05) is 0 Å². The first-order chi connectivity index (χ1) is 6.68. The number of nitrogens with zero attached hydrogens (tertiary/aromatic N) is 4. The third kappa shape index (κ3) is 1.32. The lowest BCUT2D eigenvalue weighted by atomic mass is 10.3. The van der Waals surface area contributed by atoms with Gasteiger partial charge in [0.25, 0.3) is 5.91 Å². The molecule has 0 aliphatic heterocycles. The van der Waals surface area contributed by atoms with Gasteiger partial charge >= 0.3 is 0 Å². The Balaban J connectivity index is 2.38. The molecule has 2 heterocycles. The molecule has 72 valence electrons. The molecule has 0 aliphatic rings. The van der Waals surface area contributed by atoms with Gasteiger partial charge in [-0.25, -0.2) is 4.98 Å². The minimum atomic E-state index is -0.104. The van der Waals surface area contributed by atoms with E-state index in [2.05, 4.69) is 10.1 Å². The lowest BCUT2D eigenvalue weighted by molar-refractivity contribution is 0.0957. The second-order valence-electron chi connectivity index (χ2n) is 3.05. The van der Waals surface area contributed by atoms with Crippen LogP contribution in [-0.2, 0) is 7.05 Å². The van der Waals surface area contributed by atoms with Crippen LogP contribution in [0, 0.1) is 6.92 Å². The first kappa shape index (κ1) is 8.68. The number of imidazole rings is 1. The summed E-state index contributed by atoms with van der Waals surface area (Å²) in [5.41, 5.74) is 0.564. The van der Waals surface area contributed by atoms with Gasteiger partial charge in [0.15, 0.2) is 0 Å². The van der Waals surface area contributed by atoms with Crippen LogP contribution < -0.4 is 0 Å². The second kappa shape index (κ2) is 3.10. The summed E-state index contributed by atoms with van der Waals surface area (Å²) in [6.07, 6.45) is 6.47. The molecule has 0 saturated heterocycles. The number of rotatable bonds is 1. The Labute approximate surface area is 81.0 Å². The van der Waals surface area contributed by atoms with Gasteiger partial charge in [0, 0.05) is 25.6 Å². The van der Waals surface area contributed by atoms with Crippen molar-refractivity contribution in [1.82, 2.24) is 19.3 Å². The van der Waals surface area contributed by atoms with Gasteiger partial charge in [-0.15, -0.1) is 0 Å². The van der Waals surface area contributed by atoms with E-state index in [1.54, 1.807) is 43.4 Å². The third-order valence-electron chi connectivity index (χ3n) is 2.00. The summed E-state index contributed by atoms with van der Waals surface area (Å²) < 4.78 is 3.09. The monoisotopic (exact) mass is 190 g/mol. The highest BCUT2D eigenvalue weighted by Gasteiger charge is 2.11. The Morgan fingerprint density at radius 2 is 2.29 bits per heavy atom. The van der Waals surface area contributed by atoms with Crippen molar-refractivity contribution in [3.8, 4) is 0 Å². The molecule has 2 aromatic heterocycles. The summed E-state index contributed by atoms with van der Waals surface area (Å²) in [5.74, 6) is 0.576. The predicted octanol–water partition coefficient (Wildman–Crippen LogP) is 0.614. The fourth-order valence-electron chi connectivity index (χ4n) is 1.26. The van der Waals surface area contributed by atoms with Gasteiger partial charge in [0.1, 0.15) is 5.82 Å². The molecule has 5 heteroatoms. The summed E-state index contributed by atoms with van der Waals surface area (Å²) in [6.45, 7) is 1.79. The number of carbonyl (C=O) groups is 1. The quantitative estimate of drug-likeness (QED) is 0.662. The molecule has 0 fully saturated rings. The van der Waals surface area contributed by atoms with Crippen molar-refractivity contribution in [2.24, 2.45) is 7.05 Å². The topological polar surface area (TPSA) is 52.7 Å². The first-order valence-corrected chi connectivity index (χ1v) is 4.22. The molecule has 0 aliphatic carbocycles. The van der Waals surface area contributed by atoms with E-state index in [0.29, 0.717) is 11.4 Å². The lowest BCUT2D eigenvalue weighted by Crippen LogP contribution is -2.11. The van der Waals surface area contributed by atoms with E-state index in [-0.39, 0.29) is 5.91 Å². The van der Waals surface area contributed by atoms with Crippen molar-refractivity contribution < 1.29 is 4.79 Å². The van der Waals surface area contributed by atoms with Gasteiger partial charge < -0.3 is 0 Å². The maximum absolute atomic E-state index is 11.8. The minimum absolute atomic E-state index is 0.104. The van der Waals surface area contributed by atoms with Gasteiger partial charge in [0.05, 0.1) is 11.8 Å². The van der Waals surface area contributed by atoms with Crippen LogP contribution in [0.5, 0.6) is 0 Å². The van der Waals surface area contributed by atoms with E-state index >= 15 is 0 Å². The van der Waals surface area contributed by atoms with Crippen molar-refractivity contribution in [3.63, 3.8) is 0 Å². The van der Waals surface area contributed by atoms with Crippen LogP contribution in [0.25, 0.3) is 0 Å². The number of carbonyl (C=O) groups excluding carboxylic acids is 1. The molecule has 0 spiro atoms. The van der Waals surface area contributed by atoms with Crippen LogP contribution in [0.15, 0.2) is 24.8 Å². The number of aromatic nitrogens is 4. The largest absolute Gasteiger partial charge is 0.275 e. The molecule has 0 amide bonds. The van der Waals surface area contributed by atoms with E-state index in [1.165, 1.54) is 4.57 Å². The van der Waals surface area contributed by atoms with Crippen LogP contribution >= 0.6 is 0 Å². The van der Waals surface area contributed by atoms with Crippen LogP contribution in [-0.4, -0.2) is 25.2 Å². The highest BCUT2D eigenvalue weighted by molar-refractivity contribution is 5.95. The smallest absolute Gasteiger partial charge is 0.266 e.